The van der Waals surface area contributed by atoms with Gasteiger partial charge in [0.1, 0.15) is 23.4 Å². The molecule has 25 heavy (non-hydrogen) atoms. The van der Waals surface area contributed by atoms with Crippen LogP contribution in [0.4, 0.5) is 0 Å². The standard InChI is InChI=1S/C18H17N5O2/c1-12-6-7-13-4-3-5-15(16(13)20-12)25-9-8-23-11-19-14-10-22(2)21-17(14)18(23)24/h3-7,10-11H,8-9H2,1-2H3. The molecular weight excluding hydrogens is 318 g/mol. The molecule has 0 aliphatic carbocycles. The lowest BCUT2D eigenvalue weighted by atomic mass is 10.2. The van der Waals surface area contributed by atoms with Gasteiger partial charge in [-0.25, -0.2) is 9.97 Å². The average Bonchev–Trinajstić information content (AvgIpc) is 2.98. The number of aromatic nitrogens is 5. The molecule has 3 aromatic heterocycles. The van der Waals surface area contributed by atoms with E-state index in [4.69, 9.17) is 4.74 Å². The van der Waals surface area contributed by atoms with Crippen LogP contribution in [0.15, 0.2) is 47.7 Å². The summed E-state index contributed by atoms with van der Waals surface area (Å²) >= 11 is 0. The molecular formula is C18H17N5O2. The highest BCUT2D eigenvalue weighted by Gasteiger charge is 2.08. The zero-order valence-electron chi connectivity index (χ0n) is 14.0. The molecule has 0 aliphatic heterocycles. The minimum atomic E-state index is -0.166. The molecule has 0 saturated heterocycles. The molecule has 0 spiro atoms. The molecule has 3 heterocycles. The van der Waals surface area contributed by atoms with Crippen molar-refractivity contribution in [2.24, 2.45) is 7.05 Å². The van der Waals surface area contributed by atoms with Crippen LogP contribution in [-0.4, -0.2) is 30.9 Å². The minimum Gasteiger partial charge on any atom is -0.489 e. The Morgan fingerprint density at radius 2 is 2.04 bits per heavy atom. The summed E-state index contributed by atoms with van der Waals surface area (Å²) in [5.74, 6) is 0.709. The SMILES string of the molecule is Cc1ccc2cccc(OCCn3cnc4cn(C)nc4c3=O)c2n1. The van der Waals surface area contributed by atoms with Gasteiger partial charge >= 0.3 is 0 Å². The van der Waals surface area contributed by atoms with E-state index >= 15 is 0 Å². The van der Waals surface area contributed by atoms with Crippen molar-refractivity contribution in [1.29, 1.82) is 0 Å². The summed E-state index contributed by atoms with van der Waals surface area (Å²) in [5.41, 5.74) is 2.56. The average molecular weight is 335 g/mol. The van der Waals surface area contributed by atoms with Crippen molar-refractivity contribution in [3.8, 4) is 5.75 Å². The van der Waals surface area contributed by atoms with Crippen LogP contribution in [0, 0.1) is 6.92 Å². The number of rotatable bonds is 4. The summed E-state index contributed by atoms with van der Waals surface area (Å²) < 4.78 is 8.98. The van der Waals surface area contributed by atoms with Crippen LogP contribution in [0.1, 0.15) is 5.69 Å². The van der Waals surface area contributed by atoms with Gasteiger partial charge in [0.25, 0.3) is 5.56 Å². The third kappa shape index (κ3) is 2.84. The number of hydrogen-bond acceptors (Lipinski definition) is 5. The Morgan fingerprint density at radius 3 is 2.92 bits per heavy atom. The lowest BCUT2D eigenvalue weighted by Gasteiger charge is -2.10. The van der Waals surface area contributed by atoms with Crippen LogP contribution in [0.2, 0.25) is 0 Å². The number of aryl methyl sites for hydroxylation is 2. The summed E-state index contributed by atoms with van der Waals surface area (Å²) in [6, 6.07) is 9.81. The van der Waals surface area contributed by atoms with Crippen molar-refractivity contribution in [3.63, 3.8) is 0 Å². The van der Waals surface area contributed by atoms with Gasteiger partial charge in [-0.1, -0.05) is 18.2 Å². The third-order valence-corrected chi connectivity index (χ3v) is 4.02. The van der Waals surface area contributed by atoms with Crippen LogP contribution in [-0.2, 0) is 13.6 Å². The van der Waals surface area contributed by atoms with E-state index in [1.54, 1.807) is 17.9 Å². The van der Waals surface area contributed by atoms with E-state index < -0.39 is 0 Å². The quantitative estimate of drug-likeness (QED) is 0.571. The lowest BCUT2D eigenvalue weighted by molar-refractivity contribution is 0.298. The number of ether oxygens (including phenoxy) is 1. The first-order valence-corrected chi connectivity index (χ1v) is 8.00. The molecule has 0 unspecified atom stereocenters. The molecule has 0 fully saturated rings. The van der Waals surface area contributed by atoms with Crippen molar-refractivity contribution in [2.75, 3.05) is 6.61 Å². The number of benzene rings is 1. The van der Waals surface area contributed by atoms with Crippen LogP contribution < -0.4 is 10.3 Å². The maximum atomic E-state index is 12.4. The molecule has 1 aromatic carbocycles. The van der Waals surface area contributed by atoms with Crippen molar-refractivity contribution < 1.29 is 4.74 Å². The maximum absolute atomic E-state index is 12.4. The molecule has 4 aromatic rings. The van der Waals surface area contributed by atoms with Gasteiger partial charge in [0, 0.05) is 18.1 Å². The second-order valence-corrected chi connectivity index (χ2v) is 5.91. The van der Waals surface area contributed by atoms with E-state index in [1.165, 1.54) is 10.9 Å². The Kier molecular flexibility index (Phi) is 3.68. The predicted molar refractivity (Wildman–Crippen MR) is 94.7 cm³/mol. The molecule has 0 bridgehead atoms. The van der Waals surface area contributed by atoms with Gasteiger partial charge in [-0.15, -0.1) is 0 Å². The van der Waals surface area contributed by atoms with E-state index in [-0.39, 0.29) is 5.56 Å². The fourth-order valence-corrected chi connectivity index (χ4v) is 2.79. The number of nitrogens with zero attached hydrogens (tertiary/aromatic N) is 5. The highest BCUT2D eigenvalue weighted by atomic mass is 16.5. The summed E-state index contributed by atoms with van der Waals surface area (Å²) in [6.07, 6.45) is 3.25. The largest absolute Gasteiger partial charge is 0.489 e. The summed E-state index contributed by atoms with van der Waals surface area (Å²) in [5, 5.41) is 5.19. The van der Waals surface area contributed by atoms with Gasteiger partial charge in [0.05, 0.1) is 19.1 Å². The predicted octanol–water partition coefficient (Wildman–Crippen LogP) is 2.07. The number of para-hydroxylation sites is 1. The fourth-order valence-electron chi connectivity index (χ4n) is 2.79. The molecule has 4 rings (SSSR count). The van der Waals surface area contributed by atoms with Crippen LogP contribution in [0.3, 0.4) is 0 Å². The molecule has 0 amide bonds. The number of fused-ring (bicyclic) bond motifs is 2. The summed E-state index contributed by atoms with van der Waals surface area (Å²) in [4.78, 5) is 21.2. The van der Waals surface area contributed by atoms with Crippen molar-refractivity contribution >= 4 is 21.9 Å². The first kappa shape index (κ1) is 15.3. The van der Waals surface area contributed by atoms with E-state index in [0.29, 0.717) is 29.9 Å². The molecule has 0 N–H and O–H groups in total. The van der Waals surface area contributed by atoms with Crippen molar-refractivity contribution in [1.82, 2.24) is 24.3 Å². The molecule has 7 heteroatoms. The molecule has 7 nitrogen and oxygen atoms in total. The number of hydrogen-bond donors (Lipinski definition) is 0. The van der Waals surface area contributed by atoms with E-state index in [9.17, 15) is 4.79 Å². The Morgan fingerprint density at radius 1 is 1.16 bits per heavy atom. The van der Waals surface area contributed by atoms with Gasteiger partial charge in [-0.3, -0.25) is 14.0 Å². The first-order chi connectivity index (χ1) is 12.1. The monoisotopic (exact) mass is 335 g/mol. The molecule has 0 saturated carbocycles. The van der Waals surface area contributed by atoms with Crippen LogP contribution in [0.25, 0.3) is 21.9 Å². The third-order valence-electron chi connectivity index (χ3n) is 4.02. The number of pyridine rings is 1. The molecule has 0 atom stereocenters. The van der Waals surface area contributed by atoms with Gasteiger partial charge in [-0.2, -0.15) is 5.10 Å². The van der Waals surface area contributed by atoms with Gasteiger partial charge < -0.3 is 4.74 Å². The first-order valence-electron chi connectivity index (χ1n) is 8.00. The normalized spacial score (nSPS) is 11.3. The van der Waals surface area contributed by atoms with Gasteiger partial charge in [-0.05, 0) is 19.1 Å². The maximum Gasteiger partial charge on any atom is 0.281 e. The molecule has 0 aliphatic rings. The Balaban J connectivity index is 1.56. The smallest absolute Gasteiger partial charge is 0.281 e. The molecule has 126 valence electrons. The second-order valence-electron chi connectivity index (χ2n) is 5.91. The topological polar surface area (TPSA) is 74.8 Å². The van der Waals surface area contributed by atoms with E-state index in [2.05, 4.69) is 15.1 Å². The van der Waals surface area contributed by atoms with Gasteiger partial charge in [0.2, 0.25) is 0 Å². The highest BCUT2D eigenvalue weighted by Crippen LogP contribution is 2.23. The second kappa shape index (κ2) is 6.01. The van der Waals surface area contributed by atoms with Crippen molar-refractivity contribution in [2.45, 2.75) is 13.5 Å². The summed E-state index contributed by atoms with van der Waals surface area (Å²) in [7, 11) is 1.77. The minimum absolute atomic E-state index is 0.166. The zero-order chi connectivity index (χ0) is 17.4. The Bertz CT molecular complexity index is 1130. The van der Waals surface area contributed by atoms with Crippen molar-refractivity contribution in [3.05, 3.63) is 58.9 Å². The van der Waals surface area contributed by atoms with E-state index in [1.807, 2.05) is 37.3 Å². The summed E-state index contributed by atoms with van der Waals surface area (Å²) in [6.45, 7) is 2.68. The Labute approximate surface area is 143 Å². The lowest BCUT2D eigenvalue weighted by Crippen LogP contribution is -2.23. The van der Waals surface area contributed by atoms with E-state index in [0.717, 1.165) is 16.6 Å². The molecule has 0 radical (unpaired) electrons. The fraction of sp³-hybridized carbons (Fsp3) is 0.222. The van der Waals surface area contributed by atoms with Gasteiger partial charge in [0.15, 0.2) is 5.52 Å². The van der Waals surface area contributed by atoms with Crippen LogP contribution >= 0.6 is 0 Å². The highest BCUT2D eigenvalue weighted by molar-refractivity contribution is 5.84. The zero-order valence-corrected chi connectivity index (χ0v) is 14.0. The Hall–Kier alpha value is -3.22. The van der Waals surface area contributed by atoms with Crippen LogP contribution in [0.5, 0.6) is 5.75 Å².